The van der Waals surface area contributed by atoms with Gasteiger partial charge in [0.15, 0.2) is 11.5 Å². The quantitative estimate of drug-likeness (QED) is 0.495. The van der Waals surface area contributed by atoms with E-state index in [-0.39, 0.29) is 5.69 Å². The van der Waals surface area contributed by atoms with Crippen LogP contribution in [0.1, 0.15) is 35.7 Å². The number of furan rings is 1. The molecule has 0 atom stereocenters. The van der Waals surface area contributed by atoms with E-state index >= 15 is 0 Å². The zero-order chi connectivity index (χ0) is 19.2. The Morgan fingerprint density at radius 3 is 2.59 bits per heavy atom. The number of aromatic nitrogens is 2. The van der Waals surface area contributed by atoms with Crippen molar-refractivity contribution in [2.45, 2.75) is 20.8 Å². The molecule has 0 aliphatic heterocycles. The summed E-state index contributed by atoms with van der Waals surface area (Å²) in [7, 11) is 0. The molecule has 27 heavy (non-hydrogen) atoms. The second kappa shape index (κ2) is 8.35. The summed E-state index contributed by atoms with van der Waals surface area (Å²) in [6.07, 6.45) is 1.60. The SMILES string of the molecule is CCN(CC)c1ccc(/C=N\NC(=O)c2cc(-c3ccc(C)o3)[nH]n2)cc1. The number of rotatable bonds is 7. The van der Waals surface area contributed by atoms with Gasteiger partial charge in [-0.2, -0.15) is 10.2 Å². The number of hydrogen-bond donors (Lipinski definition) is 2. The van der Waals surface area contributed by atoms with Gasteiger partial charge in [0.2, 0.25) is 0 Å². The van der Waals surface area contributed by atoms with Gasteiger partial charge in [0.1, 0.15) is 11.5 Å². The molecule has 1 aromatic carbocycles. The summed E-state index contributed by atoms with van der Waals surface area (Å²) in [5.41, 5.74) is 5.44. The number of amides is 1. The Balaban J connectivity index is 1.59. The Morgan fingerprint density at radius 1 is 1.22 bits per heavy atom. The van der Waals surface area contributed by atoms with E-state index < -0.39 is 5.91 Å². The summed E-state index contributed by atoms with van der Waals surface area (Å²) >= 11 is 0. The predicted molar refractivity (Wildman–Crippen MR) is 106 cm³/mol. The van der Waals surface area contributed by atoms with E-state index in [0.717, 1.165) is 24.4 Å². The molecule has 2 aromatic heterocycles. The van der Waals surface area contributed by atoms with Gasteiger partial charge in [-0.3, -0.25) is 9.89 Å². The van der Waals surface area contributed by atoms with Crippen LogP contribution in [0.25, 0.3) is 11.5 Å². The van der Waals surface area contributed by atoms with Crippen molar-refractivity contribution in [3.63, 3.8) is 0 Å². The van der Waals surface area contributed by atoms with Gasteiger partial charge in [-0.05, 0) is 50.6 Å². The van der Waals surface area contributed by atoms with Crippen molar-refractivity contribution >= 4 is 17.8 Å². The minimum absolute atomic E-state index is 0.244. The van der Waals surface area contributed by atoms with Gasteiger partial charge in [-0.15, -0.1) is 0 Å². The van der Waals surface area contributed by atoms with Gasteiger partial charge < -0.3 is 9.32 Å². The van der Waals surface area contributed by atoms with Gasteiger partial charge in [-0.25, -0.2) is 5.43 Å². The molecule has 0 saturated heterocycles. The van der Waals surface area contributed by atoms with Crippen LogP contribution in [0.15, 0.2) is 52.0 Å². The Hall–Kier alpha value is -3.35. The molecule has 0 fully saturated rings. The number of nitrogens with one attached hydrogen (secondary N) is 2. The van der Waals surface area contributed by atoms with Crippen LogP contribution >= 0.6 is 0 Å². The Kier molecular flexibility index (Phi) is 5.71. The standard InChI is InChI=1S/C20H23N5O2/c1-4-25(5-2)16-9-7-15(8-10-16)13-21-24-20(26)18-12-17(22-23-18)19-11-6-14(3)27-19/h6-13H,4-5H2,1-3H3,(H,22,23)(H,24,26)/b21-13-. The van der Waals surface area contributed by atoms with Gasteiger partial charge in [0, 0.05) is 24.8 Å². The maximum Gasteiger partial charge on any atom is 0.291 e. The molecular formula is C20H23N5O2. The van der Waals surface area contributed by atoms with Crippen molar-refractivity contribution in [1.82, 2.24) is 15.6 Å². The van der Waals surface area contributed by atoms with Crippen molar-refractivity contribution in [1.29, 1.82) is 0 Å². The summed E-state index contributed by atoms with van der Waals surface area (Å²) in [5, 5.41) is 10.8. The molecule has 0 aliphatic rings. The van der Waals surface area contributed by atoms with E-state index in [9.17, 15) is 4.79 Å². The lowest BCUT2D eigenvalue weighted by atomic mass is 10.2. The first-order chi connectivity index (χ1) is 13.1. The highest BCUT2D eigenvalue weighted by molar-refractivity contribution is 5.94. The van der Waals surface area contributed by atoms with Crippen molar-refractivity contribution in [3.05, 3.63) is 59.5 Å². The summed E-state index contributed by atoms with van der Waals surface area (Å²) in [6.45, 7) is 8.03. The lowest BCUT2D eigenvalue weighted by Gasteiger charge is -2.20. The van der Waals surface area contributed by atoms with Gasteiger partial charge in [-0.1, -0.05) is 12.1 Å². The van der Waals surface area contributed by atoms with Crippen molar-refractivity contribution in [2.75, 3.05) is 18.0 Å². The fourth-order valence-corrected chi connectivity index (χ4v) is 2.73. The minimum atomic E-state index is -0.392. The smallest absolute Gasteiger partial charge is 0.291 e. The molecule has 0 radical (unpaired) electrons. The second-order valence-corrected chi connectivity index (χ2v) is 6.04. The zero-order valence-electron chi connectivity index (χ0n) is 15.7. The number of carbonyl (C=O) groups is 1. The average Bonchev–Trinajstić information content (AvgIpc) is 3.33. The lowest BCUT2D eigenvalue weighted by molar-refractivity contribution is 0.0950. The van der Waals surface area contributed by atoms with Crippen molar-refractivity contribution in [2.24, 2.45) is 5.10 Å². The van der Waals surface area contributed by atoms with E-state index in [4.69, 9.17) is 4.42 Å². The van der Waals surface area contributed by atoms with E-state index in [1.54, 1.807) is 12.3 Å². The molecule has 2 heterocycles. The van der Waals surface area contributed by atoms with Crippen LogP contribution in [-0.2, 0) is 0 Å². The highest BCUT2D eigenvalue weighted by atomic mass is 16.3. The fraction of sp³-hybridized carbons (Fsp3) is 0.250. The molecule has 0 unspecified atom stereocenters. The molecule has 2 N–H and O–H groups in total. The second-order valence-electron chi connectivity index (χ2n) is 6.04. The third kappa shape index (κ3) is 4.44. The third-order valence-electron chi connectivity index (χ3n) is 4.22. The number of aromatic amines is 1. The third-order valence-corrected chi connectivity index (χ3v) is 4.22. The van der Waals surface area contributed by atoms with Crippen molar-refractivity contribution in [3.8, 4) is 11.5 Å². The fourth-order valence-electron chi connectivity index (χ4n) is 2.73. The Labute approximate surface area is 158 Å². The molecule has 0 spiro atoms. The first-order valence-electron chi connectivity index (χ1n) is 8.91. The highest BCUT2D eigenvalue weighted by Crippen LogP contribution is 2.20. The monoisotopic (exact) mass is 365 g/mol. The van der Waals surface area contributed by atoms with E-state index in [1.807, 2.05) is 43.3 Å². The van der Waals surface area contributed by atoms with Crippen LogP contribution in [0.5, 0.6) is 0 Å². The topological polar surface area (TPSA) is 86.5 Å². The summed E-state index contributed by atoms with van der Waals surface area (Å²) < 4.78 is 5.51. The molecule has 3 rings (SSSR count). The number of hydrazone groups is 1. The highest BCUT2D eigenvalue weighted by Gasteiger charge is 2.12. The summed E-state index contributed by atoms with van der Waals surface area (Å²) in [5.74, 6) is 1.04. The van der Waals surface area contributed by atoms with Crippen molar-refractivity contribution < 1.29 is 9.21 Å². The van der Waals surface area contributed by atoms with Crippen LogP contribution < -0.4 is 10.3 Å². The van der Waals surface area contributed by atoms with Crippen LogP contribution in [0, 0.1) is 6.92 Å². The van der Waals surface area contributed by atoms with Crippen LogP contribution in [0.2, 0.25) is 0 Å². The molecule has 0 aliphatic carbocycles. The molecule has 1 amide bonds. The molecule has 0 bridgehead atoms. The average molecular weight is 365 g/mol. The van der Waals surface area contributed by atoms with E-state index in [0.29, 0.717) is 11.5 Å². The Bertz CT molecular complexity index is 920. The maximum atomic E-state index is 12.2. The van der Waals surface area contributed by atoms with E-state index in [1.165, 1.54) is 5.69 Å². The van der Waals surface area contributed by atoms with Gasteiger partial charge in [0.25, 0.3) is 5.91 Å². The molecule has 7 heteroatoms. The molecular weight excluding hydrogens is 342 g/mol. The van der Waals surface area contributed by atoms with Crippen LogP contribution in [0.3, 0.4) is 0 Å². The zero-order valence-corrected chi connectivity index (χ0v) is 15.7. The summed E-state index contributed by atoms with van der Waals surface area (Å²) in [6, 6.07) is 13.3. The number of benzene rings is 1. The number of anilines is 1. The number of nitrogens with zero attached hydrogens (tertiary/aromatic N) is 3. The first kappa shape index (κ1) is 18.4. The number of carbonyl (C=O) groups excluding carboxylic acids is 1. The van der Waals surface area contributed by atoms with Crippen LogP contribution in [0.4, 0.5) is 5.69 Å². The molecule has 0 saturated carbocycles. The first-order valence-corrected chi connectivity index (χ1v) is 8.91. The van der Waals surface area contributed by atoms with Crippen LogP contribution in [-0.4, -0.2) is 35.4 Å². The molecule has 140 valence electrons. The number of aryl methyl sites for hydroxylation is 1. The molecule has 3 aromatic rings. The van der Waals surface area contributed by atoms with Gasteiger partial charge >= 0.3 is 0 Å². The minimum Gasteiger partial charge on any atom is -0.460 e. The lowest BCUT2D eigenvalue weighted by Crippen LogP contribution is -2.21. The largest absolute Gasteiger partial charge is 0.460 e. The van der Waals surface area contributed by atoms with Gasteiger partial charge in [0.05, 0.1) is 6.21 Å². The normalized spacial score (nSPS) is 11.1. The summed E-state index contributed by atoms with van der Waals surface area (Å²) in [4.78, 5) is 14.4. The predicted octanol–water partition coefficient (Wildman–Crippen LogP) is 3.59. The number of H-pyrrole nitrogens is 1. The molecule has 7 nitrogen and oxygen atoms in total. The Morgan fingerprint density at radius 2 is 1.96 bits per heavy atom. The maximum absolute atomic E-state index is 12.2. The van der Waals surface area contributed by atoms with E-state index in [2.05, 4.69) is 39.5 Å². The number of hydrogen-bond acceptors (Lipinski definition) is 5.